The first-order chi connectivity index (χ1) is 9.85. The van der Waals surface area contributed by atoms with Crippen molar-refractivity contribution in [2.24, 2.45) is 0 Å². The Morgan fingerprint density at radius 3 is 2.29 bits per heavy atom. The van der Waals surface area contributed by atoms with Crippen LogP contribution < -0.4 is 0 Å². The Bertz CT molecular complexity index is 608. The van der Waals surface area contributed by atoms with Crippen molar-refractivity contribution < 1.29 is 18.0 Å². The number of carbonyl (C=O) groups is 1. The van der Waals surface area contributed by atoms with E-state index in [1.54, 1.807) is 6.07 Å². The number of rotatable bonds is 4. The minimum atomic E-state index is -5.08. The van der Waals surface area contributed by atoms with Crippen LogP contribution in [0.15, 0.2) is 36.9 Å². The van der Waals surface area contributed by atoms with Crippen molar-refractivity contribution in [2.75, 3.05) is 6.54 Å². The molecule has 0 spiro atoms. The molecule has 1 rings (SSSR count). The molecule has 0 saturated carbocycles. The van der Waals surface area contributed by atoms with Crippen LogP contribution in [0.4, 0.5) is 13.2 Å². The summed E-state index contributed by atoms with van der Waals surface area (Å²) in [6.07, 6.45) is -3.97. The van der Waals surface area contributed by atoms with Crippen LogP contribution in [0.5, 0.6) is 0 Å². The fourth-order valence-corrected chi connectivity index (χ4v) is 1.67. The van der Waals surface area contributed by atoms with E-state index in [1.807, 2.05) is 6.07 Å². The molecule has 0 N–H and O–H groups in total. The van der Waals surface area contributed by atoms with E-state index in [1.165, 1.54) is 24.3 Å². The van der Waals surface area contributed by atoms with Gasteiger partial charge in [0.2, 0.25) is 0 Å². The van der Waals surface area contributed by atoms with Gasteiger partial charge in [0.15, 0.2) is 0 Å². The third-order valence-corrected chi connectivity index (χ3v) is 2.62. The number of hydrogen-bond donors (Lipinski definition) is 0. The Labute approximate surface area is 119 Å². The molecule has 1 atom stereocenters. The maximum absolute atomic E-state index is 12.6. The van der Waals surface area contributed by atoms with Crippen molar-refractivity contribution in [1.29, 1.82) is 10.5 Å². The lowest BCUT2D eigenvalue weighted by Gasteiger charge is -2.27. The lowest BCUT2D eigenvalue weighted by atomic mass is 10.0. The molecular formula is C14H10F3N3O. The van der Waals surface area contributed by atoms with Crippen molar-refractivity contribution in [2.45, 2.75) is 12.2 Å². The van der Waals surface area contributed by atoms with Crippen molar-refractivity contribution in [1.82, 2.24) is 4.90 Å². The fraction of sp³-hybridized carbons (Fsp3) is 0.214. The summed E-state index contributed by atoms with van der Waals surface area (Å²) in [5.74, 6) is -2.11. The summed E-state index contributed by atoms with van der Waals surface area (Å²) >= 11 is 0. The summed E-state index contributed by atoms with van der Waals surface area (Å²) in [6, 6.07) is 7.52. The third-order valence-electron chi connectivity index (χ3n) is 2.62. The number of amides is 1. The highest BCUT2D eigenvalue weighted by Crippen LogP contribution is 2.26. The zero-order valence-electron chi connectivity index (χ0n) is 10.8. The smallest absolute Gasteiger partial charge is 0.311 e. The first-order valence-electron chi connectivity index (χ1n) is 5.73. The van der Waals surface area contributed by atoms with E-state index in [0.29, 0.717) is 10.5 Å². The quantitative estimate of drug-likeness (QED) is 0.801. The van der Waals surface area contributed by atoms with Crippen LogP contribution in [0.25, 0.3) is 0 Å². The Morgan fingerprint density at radius 2 is 1.90 bits per heavy atom. The van der Waals surface area contributed by atoms with Gasteiger partial charge in [0.05, 0.1) is 17.7 Å². The van der Waals surface area contributed by atoms with E-state index in [-0.39, 0.29) is 5.56 Å². The summed E-state index contributed by atoms with van der Waals surface area (Å²) in [4.78, 5) is 11.8. The SMILES string of the molecule is C=CCN(C(=O)C(F)(F)F)[C@H](C#N)c1ccc(C#N)cc1. The molecule has 1 aromatic rings. The van der Waals surface area contributed by atoms with Crippen LogP contribution in [0, 0.1) is 22.7 Å². The summed E-state index contributed by atoms with van der Waals surface area (Å²) in [7, 11) is 0. The largest absolute Gasteiger partial charge is 0.471 e. The van der Waals surface area contributed by atoms with Crippen LogP contribution in [0.3, 0.4) is 0 Å². The van der Waals surface area contributed by atoms with E-state index in [0.717, 1.165) is 6.08 Å². The van der Waals surface area contributed by atoms with Gasteiger partial charge in [-0.2, -0.15) is 23.7 Å². The highest BCUT2D eigenvalue weighted by atomic mass is 19.4. The number of nitriles is 2. The molecule has 0 aliphatic rings. The molecule has 0 heterocycles. The predicted octanol–water partition coefficient (Wildman–Crippen LogP) is 2.70. The van der Waals surface area contributed by atoms with Gasteiger partial charge in [-0.05, 0) is 17.7 Å². The lowest BCUT2D eigenvalue weighted by molar-refractivity contribution is -0.186. The molecule has 0 fully saturated rings. The molecule has 0 radical (unpaired) electrons. The highest BCUT2D eigenvalue weighted by molar-refractivity contribution is 5.82. The maximum atomic E-state index is 12.6. The highest BCUT2D eigenvalue weighted by Gasteiger charge is 2.44. The number of benzene rings is 1. The molecule has 0 bridgehead atoms. The minimum Gasteiger partial charge on any atom is -0.311 e. The molecular weight excluding hydrogens is 283 g/mol. The number of carbonyl (C=O) groups excluding carboxylic acids is 1. The molecule has 0 aliphatic carbocycles. The first-order valence-corrected chi connectivity index (χ1v) is 5.73. The molecule has 0 aliphatic heterocycles. The van der Waals surface area contributed by atoms with Crippen LogP contribution in [0.2, 0.25) is 0 Å². The second kappa shape index (κ2) is 6.58. The molecule has 0 unspecified atom stereocenters. The molecule has 4 nitrogen and oxygen atoms in total. The summed E-state index contributed by atoms with van der Waals surface area (Å²) in [6.45, 7) is 2.87. The third kappa shape index (κ3) is 3.83. The minimum absolute atomic E-state index is 0.191. The van der Waals surface area contributed by atoms with Crippen LogP contribution >= 0.6 is 0 Å². The van der Waals surface area contributed by atoms with Crippen molar-refractivity contribution in [3.05, 3.63) is 48.0 Å². The fourth-order valence-electron chi connectivity index (χ4n) is 1.67. The average molecular weight is 293 g/mol. The van der Waals surface area contributed by atoms with Gasteiger partial charge < -0.3 is 4.90 Å². The number of halogens is 3. The topological polar surface area (TPSA) is 67.9 Å². The van der Waals surface area contributed by atoms with Gasteiger partial charge >= 0.3 is 12.1 Å². The van der Waals surface area contributed by atoms with Gasteiger partial charge in [-0.25, -0.2) is 0 Å². The van der Waals surface area contributed by atoms with Gasteiger partial charge in [0, 0.05) is 6.54 Å². The van der Waals surface area contributed by atoms with Gasteiger partial charge in [-0.3, -0.25) is 4.79 Å². The molecule has 21 heavy (non-hydrogen) atoms. The monoisotopic (exact) mass is 293 g/mol. The zero-order valence-corrected chi connectivity index (χ0v) is 10.8. The number of alkyl halides is 3. The number of hydrogen-bond acceptors (Lipinski definition) is 3. The molecule has 0 aromatic heterocycles. The van der Waals surface area contributed by atoms with E-state index < -0.39 is 24.7 Å². The maximum Gasteiger partial charge on any atom is 0.471 e. The Hall–Kier alpha value is -2.80. The molecule has 0 saturated heterocycles. The van der Waals surface area contributed by atoms with Gasteiger partial charge in [0.1, 0.15) is 6.04 Å². The van der Waals surface area contributed by atoms with E-state index in [4.69, 9.17) is 10.5 Å². The van der Waals surface area contributed by atoms with Gasteiger partial charge in [0.25, 0.3) is 0 Å². The summed E-state index contributed by atoms with van der Waals surface area (Å²) in [5, 5.41) is 17.8. The summed E-state index contributed by atoms with van der Waals surface area (Å²) in [5.41, 5.74) is 0.490. The van der Waals surface area contributed by atoms with Crippen molar-refractivity contribution in [3.8, 4) is 12.1 Å². The predicted molar refractivity (Wildman–Crippen MR) is 67.5 cm³/mol. The van der Waals surface area contributed by atoms with Crippen molar-refractivity contribution in [3.63, 3.8) is 0 Å². The van der Waals surface area contributed by atoms with Gasteiger partial charge in [-0.1, -0.05) is 18.2 Å². The van der Waals surface area contributed by atoms with E-state index in [2.05, 4.69) is 6.58 Å². The molecule has 108 valence electrons. The van der Waals surface area contributed by atoms with Crippen molar-refractivity contribution >= 4 is 5.91 Å². The Kier molecular flexibility index (Phi) is 5.09. The second-order valence-corrected chi connectivity index (χ2v) is 4.01. The molecule has 7 heteroatoms. The Balaban J connectivity index is 3.19. The lowest BCUT2D eigenvalue weighted by Crippen LogP contribution is -2.43. The van der Waals surface area contributed by atoms with Gasteiger partial charge in [-0.15, -0.1) is 6.58 Å². The number of nitrogens with zero attached hydrogens (tertiary/aromatic N) is 3. The molecule has 1 amide bonds. The van der Waals surface area contributed by atoms with E-state index >= 15 is 0 Å². The van der Waals surface area contributed by atoms with Crippen LogP contribution in [0.1, 0.15) is 17.2 Å². The zero-order chi connectivity index (χ0) is 16.0. The Morgan fingerprint density at radius 1 is 1.33 bits per heavy atom. The van der Waals surface area contributed by atoms with Crippen LogP contribution in [-0.4, -0.2) is 23.5 Å². The molecule has 1 aromatic carbocycles. The average Bonchev–Trinajstić information content (AvgIpc) is 2.46. The van der Waals surface area contributed by atoms with Crippen LogP contribution in [-0.2, 0) is 4.79 Å². The second-order valence-electron chi connectivity index (χ2n) is 4.01. The summed E-state index contributed by atoms with van der Waals surface area (Å²) < 4.78 is 37.7. The standard InChI is InChI=1S/C14H10F3N3O/c1-2-7-20(13(21)14(15,16)17)12(9-19)11-5-3-10(8-18)4-6-11/h2-6,12H,1,7H2/t12-/m1/s1. The normalized spacial score (nSPS) is 11.9. The first kappa shape index (κ1) is 16.3. The van der Waals surface area contributed by atoms with E-state index in [9.17, 15) is 18.0 Å².